The summed E-state index contributed by atoms with van der Waals surface area (Å²) in [4.78, 5) is 19.8. The maximum atomic E-state index is 11.3. The summed E-state index contributed by atoms with van der Waals surface area (Å²) in [6.45, 7) is 0. The Morgan fingerprint density at radius 2 is 2.00 bits per heavy atom. The van der Waals surface area contributed by atoms with Crippen molar-refractivity contribution in [3.05, 3.63) is 42.1 Å². The molecule has 0 saturated heterocycles. The number of nitrogens with one attached hydrogen (secondary N) is 1. The van der Waals surface area contributed by atoms with Crippen LogP contribution in [0.2, 0.25) is 0 Å². The second-order valence-corrected chi connectivity index (χ2v) is 5.30. The second kappa shape index (κ2) is 6.11. The summed E-state index contributed by atoms with van der Waals surface area (Å²) in [5.41, 5.74) is 0.774. The molecule has 1 aliphatic rings. The molecule has 0 spiro atoms. The third-order valence-electron chi connectivity index (χ3n) is 3.76. The molecule has 114 valence electrons. The van der Waals surface area contributed by atoms with Crippen molar-refractivity contribution in [3.8, 4) is 11.4 Å². The molecule has 0 amide bonds. The number of anilines is 1. The number of carboxylic acids is 1. The molecule has 0 radical (unpaired) electrons. The zero-order chi connectivity index (χ0) is 15.5. The van der Waals surface area contributed by atoms with Crippen LogP contribution in [0.25, 0.3) is 11.4 Å². The fraction of sp³-hybridized carbons (Fsp3) is 0.312. The van der Waals surface area contributed by atoms with Crippen LogP contribution in [0.4, 0.5) is 5.82 Å². The third-order valence-corrected chi connectivity index (χ3v) is 3.76. The van der Waals surface area contributed by atoms with E-state index in [1.807, 2.05) is 30.3 Å². The molecule has 2 N–H and O–H groups in total. The van der Waals surface area contributed by atoms with E-state index in [4.69, 9.17) is 4.74 Å². The number of aromatic nitrogens is 2. The highest BCUT2D eigenvalue weighted by Crippen LogP contribution is 2.26. The Hall–Kier alpha value is -2.47. The lowest BCUT2D eigenvalue weighted by Crippen LogP contribution is -2.40. The van der Waals surface area contributed by atoms with Gasteiger partial charge in [-0.1, -0.05) is 30.3 Å². The largest absolute Gasteiger partial charge is 0.477 e. The van der Waals surface area contributed by atoms with Crippen molar-refractivity contribution in [1.82, 2.24) is 9.97 Å². The standard InChI is InChI=1S/C16H17N3O3/c1-22-12-7-11(8-12)17-14-9-13(16(20)21)18-15(19-14)10-5-3-2-4-6-10/h2-6,9,11-12H,7-8H2,1H3,(H,20,21)(H,17,18,19). The number of rotatable bonds is 5. The van der Waals surface area contributed by atoms with E-state index >= 15 is 0 Å². The normalized spacial score (nSPS) is 20.2. The van der Waals surface area contributed by atoms with Gasteiger partial charge in [0.1, 0.15) is 5.82 Å². The molecule has 1 aliphatic carbocycles. The van der Waals surface area contributed by atoms with Crippen LogP contribution in [0.3, 0.4) is 0 Å². The minimum Gasteiger partial charge on any atom is -0.477 e. The van der Waals surface area contributed by atoms with E-state index in [0.717, 1.165) is 18.4 Å². The van der Waals surface area contributed by atoms with Crippen molar-refractivity contribution >= 4 is 11.8 Å². The summed E-state index contributed by atoms with van der Waals surface area (Å²) in [6, 6.07) is 11.1. The maximum Gasteiger partial charge on any atom is 0.354 e. The number of hydrogen-bond acceptors (Lipinski definition) is 5. The van der Waals surface area contributed by atoms with Gasteiger partial charge in [-0.25, -0.2) is 14.8 Å². The summed E-state index contributed by atoms with van der Waals surface area (Å²) < 4.78 is 5.24. The van der Waals surface area contributed by atoms with Crippen LogP contribution in [0.5, 0.6) is 0 Å². The molecule has 0 aliphatic heterocycles. The molecular weight excluding hydrogens is 282 g/mol. The fourth-order valence-corrected chi connectivity index (χ4v) is 2.43. The molecule has 0 bridgehead atoms. The van der Waals surface area contributed by atoms with E-state index in [1.165, 1.54) is 6.07 Å². The quantitative estimate of drug-likeness (QED) is 0.882. The van der Waals surface area contributed by atoms with Gasteiger partial charge in [-0.15, -0.1) is 0 Å². The lowest BCUT2D eigenvalue weighted by Gasteiger charge is -2.34. The van der Waals surface area contributed by atoms with Gasteiger partial charge in [0.25, 0.3) is 0 Å². The summed E-state index contributed by atoms with van der Waals surface area (Å²) in [5, 5.41) is 12.5. The van der Waals surface area contributed by atoms with Crippen LogP contribution >= 0.6 is 0 Å². The Labute approximate surface area is 128 Å². The Kier molecular flexibility index (Phi) is 4.02. The molecule has 1 saturated carbocycles. The topological polar surface area (TPSA) is 84.3 Å². The molecule has 1 aromatic carbocycles. The number of carbonyl (C=O) groups is 1. The first-order valence-electron chi connectivity index (χ1n) is 7.13. The van der Waals surface area contributed by atoms with Crippen molar-refractivity contribution in [2.45, 2.75) is 25.0 Å². The minimum absolute atomic E-state index is 0.0148. The monoisotopic (exact) mass is 299 g/mol. The predicted molar refractivity (Wildman–Crippen MR) is 81.9 cm³/mol. The smallest absolute Gasteiger partial charge is 0.354 e. The first-order valence-corrected chi connectivity index (χ1v) is 7.13. The van der Waals surface area contributed by atoms with E-state index in [1.54, 1.807) is 7.11 Å². The number of benzene rings is 1. The van der Waals surface area contributed by atoms with Crippen molar-refractivity contribution in [1.29, 1.82) is 0 Å². The second-order valence-electron chi connectivity index (χ2n) is 5.30. The van der Waals surface area contributed by atoms with Crippen LogP contribution in [0.15, 0.2) is 36.4 Å². The highest BCUT2D eigenvalue weighted by molar-refractivity contribution is 5.87. The zero-order valence-corrected chi connectivity index (χ0v) is 12.2. The number of nitrogens with zero attached hydrogens (tertiary/aromatic N) is 2. The van der Waals surface area contributed by atoms with Crippen LogP contribution in [0, 0.1) is 0 Å². The molecule has 1 aromatic heterocycles. The van der Waals surface area contributed by atoms with Crippen LogP contribution in [-0.2, 0) is 4.74 Å². The number of ether oxygens (including phenoxy) is 1. The summed E-state index contributed by atoms with van der Waals surface area (Å²) in [6.07, 6.45) is 2.06. The van der Waals surface area contributed by atoms with Crippen LogP contribution in [0.1, 0.15) is 23.3 Å². The minimum atomic E-state index is -1.06. The van der Waals surface area contributed by atoms with Crippen molar-refractivity contribution in [2.75, 3.05) is 12.4 Å². The first kappa shape index (κ1) is 14.5. The molecule has 22 heavy (non-hydrogen) atoms. The Balaban J connectivity index is 1.86. The van der Waals surface area contributed by atoms with E-state index in [9.17, 15) is 9.90 Å². The van der Waals surface area contributed by atoms with Crippen molar-refractivity contribution < 1.29 is 14.6 Å². The van der Waals surface area contributed by atoms with Crippen LogP contribution < -0.4 is 5.32 Å². The van der Waals surface area contributed by atoms with E-state index in [2.05, 4.69) is 15.3 Å². The van der Waals surface area contributed by atoms with Gasteiger partial charge in [-0.05, 0) is 12.8 Å². The predicted octanol–water partition coefficient (Wildman–Crippen LogP) is 2.43. The van der Waals surface area contributed by atoms with Gasteiger partial charge in [0.05, 0.1) is 6.10 Å². The lowest BCUT2D eigenvalue weighted by atomic mass is 9.89. The first-order chi connectivity index (χ1) is 10.7. The number of hydrogen-bond donors (Lipinski definition) is 2. The average molecular weight is 299 g/mol. The summed E-state index contributed by atoms with van der Waals surface area (Å²) in [7, 11) is 1.70. The summed E-state index contributed by atoms with van der Waals surface area (Å²) >= 11 is 0. The zero-order valence-electron chi connectivity index (χ0n) is 12.2. The van der Waals surface area contributed by atoms with Gasteiger partial charge in [-0.3, -0.25) is 0 Å². The average Bonchev–Trinajstić information content (AvgIpc) is 2.51. The SMILES string of the molecule is COC1CC(Nc2cc(C(=O)O)nc(-c3ccccc3)n2)C1. The van der Waals surface area contributed by atoms with Crippen molar-refractivity contribution in [3.63, 3.8) is 0 Å². The van der Waals surface area contributed by atoms with E-state index in [-0.39, 0.29) is 17.8 Å². The van der Waals surface area contributed by atoms with Gasteiger partial charge in [-0.2, -0.15) is 0 Å². The van der Waals surface area contributed by atoms with Gasteiger partial charge in [0, 0.05) is 24.8 Å². The molecule has 2 aromatic rings. The molecule has 1 heterocycles. The van der Waals surface area contributed by atoms with Gasteiger partial charge < -0.3 is 15.2 Å². The van der Waals surface area contributed by atoms with Gasteiger partial charge >= 0.3 is 5.97 Å². The number of carboxylic acid groups (broad SMARTS) is 1. The third kappa shape index (κ3) is 3.07. The van der Waals surface area contributed by atoms with Gasteiger partial charge in [0.15, 0.2) is 11.5 Å². The summed E-state index contributed by atoms with van der Waals surface area (Å²) in [5.74, 6) is -0.123. The highest BCUT2D eigenvalue weighted by atomic mass is 16.5. The van der Waals surface area contributed by atoms with E-state index < -0.39 is 5.97 Å². The fourth-order valence-electron chi connectivity index (χ4n) is 2.43. The molecule has 6 nitrogen and oxygen atoms in total. The molecule has 0 unspecified atom stereocenters. The van der Waals surface area contributed by atoms with Crippen molar-refractivity contribution in [2.24, 2.45) is 0 Å². The highest BCUT2D eigenvalue weighted by Gasteiger charge is 2.29. The number of aromatic carboxylic acids is 1. The Morgan fingerprint density at radius 1 is 1.27 bits per heavy atom. The van der Waals surface area contributed by atoms with Crippen LogP contribution in [-0.4, -0.2) is 40.3 Å². The molecular formula is C16H17N3O3. The number of methoxy groups -OCH3 is 1. The molecule has 1 fully saturated rings. The Bertz CT molecular complexity index is 670. The molecule has 0 atom stereocenters. The van der Waals surface area contributed by atoms with Gasteiger partial charge in [0.2, 0.25) is 0 Å². The van der Waals surface area contributed by atoms with E-state index in [0.29, 0.717) is 11.6 Å². The Morgan fingerprint density at radius 3 is 2.64 bits per heavy atom. The lowest BCUT2D eigenvalue weighted by molar-refractivity contribution is 0.0328. The molecule has 6 heteroatoms. The maximum absolute atomic E-state index is 11.3. The molecule has 3 rings (SSSR count).